The van der Waals surface area contributed by atoms with E-state index in [2.05, 4.69) is 4.98 Å². The van der Waals surface area contributed by atoms with Gasteiger partial charge >= 0.3 is 11.9 Å². The van der Waals surface area contributed by atoms with Crippen molar-refractivity contribution in [2.24, 2.45) is 0 Å². The minimum atomic E-state index is -1.09. The number of carbonyl (C=O) groups is 2. The van der Waals surface area contributed by atoms with E-state index in [9.17, 15) is 9.59 Å². The van der Waals surface area contributed by atoms with Gasteiger partial charge in [-0.3, -0.25) is 0 Å². The molecule has 0 unspecified atom stereocenters. The normalized spacial score (nSPS) is 10.5. The van der Waals surface area contributed by atoms with Crippen LogP contribution in [0.4, 0.5) is 0 Å². The molecule has 6 heteroatoms. The largest absolute Gasteiger partial charge is 0.477 e. The number of benzene rings is 1. The van der Waals surface area contributed by atoms with Crippen molar-refractivity contribution in [1.82, 2.24) is 4.98 Å². The summed E-state index contributed by atoms with van der Waals surface area (Å²) in [6.07, 6.45) is 1.38. The fraction of sp³-hybridized carbons (Fsp3) is 0. The van der Waals surface area contributed by atoms with Crippen LogP contribution in [0.1, 0.15) is 21.0 Å². The average Bonchev–Trinajstić information content (AvgIpc) is 3.01. The first-order valence-electron chi connectivity index (χ1n) is 6.03. The molecule has 6 nitrogen and oxygen atoms in total. The first-order valence-corrected chi connectivity index (χ1v) is 6.03. The van der Waals surface area contributed by atoms with E-state index in [1.54, 1.807) is 30.3 Å². The summed E-state index contributed by atoms with van der Waals surface area (Å²) in [7, 11) is 0. The lowest BCUT2D eigenvalue weighted by molar-refractivity contribution is 0.0686. The number of esters is 1. The summed E-state index contributed by atoms with van der Waals surface area (Å²) >= 11 is 0. The van der Waals surface area contributed by atoms with Crippen molar-refractivity contribution in [3.8, 4) is 5.75 Å². The van der Waals surface area contributed by atoms with Crippen molar-refractivity contribution in [3.05, 3.63) is 60.2 Å². The molecule has 2 aromatic heterocycles. The molecule has 0 aliphatic heterocycles. The average molecular weight is 283 g/mol. The Morgan fingerprint density at radius 2 is 2.00 bits per heavy atom. The summed E-state index contributed by atoms with van der Waals surface area (Å²) in [6, 6.07) is 10.8. The van der Waals surface area contributed by atoms with Gasteiger partial charge < -0.3 is 14.3 Å². The van der Waals surface area contributed by atoms with E-state index in [0.717, 1.165) is 0 Å². The molecule has 104 valence electrons. The van der Waals surface area contributed by atoms with E-state index >= 15 is 0 Å². The van der Waals surface area contributed by atoms with Crippen molar-refractivity contribution in [2.75, 3.05) is 0 Å². The van der Waals surface area contributed by atoms with Gasteiger partial charge in [-0.25, -0.2) is 14.6 Å². The van der Waals surface area contributed by atoms with Gasteiger partial charge in [0.1, 0.15) is 11.4 Å². The molecule has 1 N–H and O–H groups in total. The van der Waals surface area contributed by atoms with E-state index in [4.69, 9.17) is 14.3 Å². The van der Waals surface area contributed by atoms with Crippen molar-refractivity contribution in [1.29, 1.82) is 0 Å². The van der Waals surface area contributed by atoms with Crippen LogP contribution in [0, 0.1) is 0 Å². The number of carbonyl (C=O) groups excluding carboxylic acids is 1. The topological polar surface area (TPSA) is 89.6 Å². The first-order chi connectivity index (χ1) is 10.1. The third-order valence-corrected chi connectivity index (χ3v) is 2.81. The highest BCUT2D eigenvalue weighted by molar-refractivity contribution is 5.91. The predicted molar refractivity (Wildman–Crippen MR) is 72.4 cm³/mol. The summed E-state index contributed by atoms with van der Waals surface area (Å²) in [5.41, 5.74) is 0.468. The molecule has 0 spiro atoms. The zero-order valence-corrected chi connectivity index (χ0v) is 10.6. The van der Waals surface area contributed by atoms with Crippen LogP contribution in [-0.2, 0) is 0 Å². The lowest BCUT2D eigenvalue weighted by Gasteiger charge is -2.04. The Morgan fingerprint density at radius 1 is 1.14 bits per heavy atom. The zero-order valence-electron chi connectivity index (χ0n) is 10.6. The molecular formula is C15H9NO5. The molecule has 3 aromatic rings. The zero-order chi connectivity index (χ0) is 14.8. The third-order valence-electron chi connectivity index (χ3n) is 2.81. The highest BCUT2D eigenvalue weighted by Crippen LogP contribution is 2.21. The number of aromatic nitrogens is 1. The molecule has 0 aliphatic carbocycles. The quantitative estimate of drug-likeness (QED) is 0.587. The number of nitrogens with zero attached hydrogens (tertiary/aromatic N) is 1. The van der Waals surface area contributed by atoms with Gasteiger partial charge in [-0.2, -0.15) is 0 Å². The smallest absolute Gasteiger partial charge is 0.379 e. The van der Waals surface area contributed by atoms with E-state index in [-0.39, 0.29) is 11.5 Å². The Kier molecular flexibility index (Phi) is 3.12. The predicted octanol–water partition coefficient (Wildman–Crippen LogP) is 2.75. The first kappa shape index (κ1) is 12.9. The van der Waals surface area contributed by atoms with Gasteiger partial charge in [-0.05, 0) is 36.4 Å². The van der Waals surface area contributed by atoms with E-state index < -0.39 is 11.9 Å². The lowest BCUT2D eigenvalue weighted by Crippen LogP contribution is -2.07. The fourth-order valence-corrected chi connectivity index (χ4v) is 1.84. The van der Waals surface area contributed by atoms with Crippen molar-refractivity contribution >= 4 is 22.8 Å². The van der Waals surface area contributed by atoms with Gasteiger partial charge in [-0.1, -0.05) is 6.07 Å². The van der Waals surface area contributed by atoms with Crippen molar-refractivity contribution < 1.29 is 23.8 Å². The number of rotatable bonds is 3. The Morgan fingerprint density at radius 3 is 2.71 bits per heavy atom. The number of ether oxygens (including phenoxy) is 1. The molecule has 0 amide bonds. The Bertz CT molecular complexity index is 823. The number of hydrogen-bond donors (Lipinski definition) is 1. The van der Waals surface area contributed by atoms with Crippen LogP contribution in [0.3, 0.4) is 0 Å². The van der Waals surface area contributed by atoms with Gasteiger partial charge in [0.25, 0.3) is 0 Å². The van der Waals surface area contributed by atoms with Gasteiger partial charge in [-0.15, -0.1) is 0 Å². The Hall–Kier alpha value is -3.15. The lowest BCUT2D eigenvalue weighted by atomic mass is 10.2. The van der Waals surface area contributed by atoms with Crippen LogP contribution in [0.15, 0.2) is 53.1 Å². The molecule has 0 radical (unpaired) electrons. The third kappa shape index (κ3) is 2.59. The standard InChI is InChI=1S/C15H9NO5/c17-14(18)12-5-3-9-8-10(4-6-11(9)16-12)21-15(19)13-2-1-7-20-13/h1-8H,(H,17,18). The summed E-state index contributed by atoms with van der Waals surface area (Å²) < 4.78 is 10.1. The van der Waals surface area contributed by atoms with Gasteiger partial charge in [0, 0.05) is 5.39 Å². The molecule has 21 heavy (non-hydrogen) atoms. The molecule has 0 saturated heterocycles. The minimum Gasteiger partial charge on any atom is -0.477 e. The molecule has 3 rings (SSSR count). The molecule has 0 fully saturated rings. The van der Waals surface area contributed by atoms with Crippen molar-refractivity contribution in [3.63, 3.8) is 0 Å². The van der Waals surface area contributed by atoms with Crippen molar-refractivity contribution in [2.45, 2.75) is 0 Å². The van der Waals surface area contributed by atoms with E-state index in [0.29, 0.717) is 16.7 Å². The Balaban J connectivity index is 1.89. The molecule has 0 aliphatic rings. The number of hydrogen-bond acceptors (Lipinski definition) is 5. The molecule has 1 aromatic carbocycles. The van der Waals surface area contributed by atoms with Gasteiger partial charge in [0.15, 0.2) is 0 Å². The number of furan rings is 1. The highest BCUT2D eigenvalue weighted by Gasteiger charge is 2.12. The van der Waals surface area contributed by atoms with Crippen LogP contribution >= 0.6 is 0 Å². The monoisotopic (exact) mass is 283 g/mol. The number of aromatic carboxylic acids is 1. The second-order valence-corrected chi connectivity index (χ2v) is 4.22. The maximum absolute atomic E-state index is 11.7. The van der Waals surface area contributed by atoms with Crippen LogP contribution in [0.2, 0.25) is 0 Å². The van der Waals surface area contributed by atoms with E-state index in [1.807, 2.05) is 0 Å². The maximum atomic E-state index is 11.7. The minimum absolute atomic E-state index is 0.0390. The highest BCUT2D eigenvalue weighted by atomic mass is 16.5. The van der Waals surface area contributed by atoms with Crippen LogP contribution < -0.4 is 4.74 Å². The number of pyridine rings is 1. The molecule has 0 bridgehead atoms. The summed E-state index contributed by atoms with van der Waals surface area (Å²) in [4.78, 5) is 26.6. The Labute approximate surface area is 118 Å². The summed E-state index contributed by atoms with van der Waals surface area (Å²) in [5.74, 6) is -1.26. The fourth-order valence-electron chi connectivity index (χ4n) is 1.84. The van der Waals surface area contributed by atoms with Crippen LogP contribution in [0.25, 0.3) is 10.9 Å². The van der Waals surface area contributed by atoms with Gasteiger partial charge in [0.05, 0.1) is 11.8 Å². The molecular weight excluding hydrogens is 274 g/mol. The second kappa shape index (κ2) is 5.09. The number of carboxylic acids is 1. The van der Waals surface area contributed by atoms with Crippen LogP contribution in [-0.4, -0.2) is 22.0 Å². The van der Waals surface area contributed by atoms with Crippen LogP contribution in [0.5, 0.6) is 5.75 Å². The number of carboxylic acid groups (broad SMARTS) is 1. The summed E-state index contributed by atoms with van der Waals surface area (Å²) in [6.45, 7) is 0. The van der Waals surface area contributed by atoms with Gasteiger partial charge in [0.2, 0.25) is 5.76 Å². The maximum Gasteiger partial charge on any atom is 0.379 e. The SMILES string of the molecule is O=C(O)c1ccc2cc(OC(=O)c3ccco3)ccc2n1. The summed E-state index contributed by atoms with van der Waals surface area (Å²) in [5, 5.41) is 9.55. The molecule has 0 saturated carbocycles. The second-order valence-electron chi connectivity index (χ2n) is 4.22. The molecule has 0 atom stereocenters. The molecule has 2 heterocycles. The number of fused-ring (bicyclic) bond motifs is 1. The van der Waals surface area contributed by atoms with E-state index in [1.165, 1.54) is 18.4 Å².